The van der Waals surface area contributed by atoms with Crippen molar-refractivity contribution in [1.29, 1.82) is 0 Å². The number of nitrogens with one attached hydrogen (secondary N) is 2. The Bertz CT molecular complexity index is 604. The molecule has 0 saturated heterocycles. The van der Waals surface area contributed by atoms with Gasteiger partial charge in [0, 0.05) is 19.3 Å². The summed E-state index contributed by atoms with van der Waals surface area (Å²) in [5.74, 6) is 0.943. The molecule has 1 aromatic heterocycles. The van der Waals surface area contributed by atoms with Crippen LogP contribution in [0.5, 0.6) is 0 Å². The van der Waals surface area contributed by atoms with E-state index in [1.165, 1.54) is 6.26 Å². The van der Waals surface area contributed by atoms with Crippen LogP contribution in [0.2, 0.25) is 10.0 Å². The number of halogens is 2. The summed E-state index contributed by atoms with van der Waals surface area (Å²) in [7, 11) is -3.19. The molecule has 2 N–H and O–H groups in total. The van der Waals surface area contributed by atoms with Gasteiger partial charge in [0.25, 0.3) is 0 Å². The van der Waals surface area contributed by atoms with Crippen molar-refractivity contribution in [2.75, 3.05) is 30.0 Å². The average Bonchev–Trinajstić information content (AvgIpc) is 2.35. The zero-order valence-electron chi connectivity index (χ0n) is 12.6. The van der Waals surface area contributed by atoms with E-state index in [0.717, 1.165) is 13.0 Å². The van der Waals surface area contributed by atoms with Crippen molar-refractivity contribution in [1.82, 2.24) is 4.98 Å². The average molecular weight is 354 g/mol. The first-order valence-corrected chi connectivity index (χ1v) is 9.26. The third-order valence-electron chi connectivity index (χ3n) is 3.16. The Morgan fingerprint density at radius 1 is 1.19 bits per heavy atom. The van der Waals surface area contributed by atoms with Gasteiger partial charge in [-0.3, -0.25) is 0 Å². The summed E-state index contributed by atoms with van der Waals surface area (Å²) >= 11 is 12.2. The molecule has 5 nitrogen and oxygen atoms in total. The number of anilines is 2. The van der Waals surface area contributed by atoms with E-state index in [1.807, 2.05) is 6.92 Å². The fraction of sp³-hybridized carbons (Fsp3) is 0.615. The molecular weight excluding hydrogens is 333 g/mol. The zero-order chi connectivity index (χ0) is 16.3. The summed E-state index contributed by atoms with van der Waals surface area (Å²) < 4.78 is 22.5. The maximum absolute atomic E-state index is 11.7. The fourth-order valence-corrected chi connectivity index (χ4v) is 2.21. The highest BCUT2D eigenvalue weighted by molar-refractivity contribution is 7.92. The zero-order valence-corrected chi connectivity index (χ0v) is 15.0. The van der Waals surface area contributed by atoms with Gasteiger partial charge in [-0.05, 0) is 26.3 Å². The number of hydrogen-bond donors (Lipinski definition) is 2. The van der Waals surface area contributed by atoms with Crippen LogP contribution in [-0.4, -0.2) is 37.5 Å². The third kappa shape index (κ3) is 4.90. The molecule has 0 aromatic carbocycles. The Morgan fingerprint density at radius 2 is 1.71 bits per heavy atom. The van der Waals surface area contributed by atoms with Gasteiger partial charge in [0.05, 0.1) is 14.8 Å². The van der Waals surface area contributed by atoms with E-state index < -0.39 is 14.6 Å². The maximum Gasteiger partial charge on any atom is 0.154 e. The number of pyridine rings is 1. The number of sulfone groups is 1. The molecule has 0 amide bonds. The van der Waals surface area contributed by atoms with Crippen LogP contribution >= 0.6 is 23.2 Å². The van der Waals surface area contributed by atoms with Gasteiger partial charge in [0.2, 0.25) is 0 Å². The molecule has 1 heterocycles. The topological polar surface area (TPSA) is 71.1 Å². The summed E-state index contributed by atoms with van der Waals surface area (Å²) in [6.45, 7) is 6.27. The van der Waals surface area contributed by atoms with Crippen molar-refractivity contribution in [2.24, 2.45) is 0 Å². The van der Waals surface area contributed by atoms with Crippen LogP contribution in [0.3, 0.4) is 0 Å². The molecule has 8 heteroatoms. The van der Waals surface area contributed by atoms with Gasteiger partial charge < -0.3 is 10.6 Å². The number of nitrogens with zero attached hydrogens (tertiary/aromatic N) is 1. The monoisotopic (exact) mass is 353 g/mol. The summed E-state index contributed by atoms with van der Waals surface area (Å²) in [6.07, 6.45) is 2.14. The molecule has 0 aliphatic carbocycles. The van der Waals surface area contributed by atoms with Crippen molar-refractivity contribution in [3.05, 3.63) is 16.1 Å². The van der Waals surface area contributed by atoms with Crippen molar-refractivity contribution in [3.8, 4) is 0 Å². The van der Waals surface area contributed by atoms with Crippen LogP contribution in [-0.2, 0) is 9.84 Å². The lowest BCUT2D eigenvalue weighted by molar-refractivity contribution is 0.559. The Hall–Kier alpha value is -0.720. The van der Waals surface area contributed by atoms with E-state index in [-0.39, 0.29) is 6.54 Å². The first-order chi connectivity index (χ1) is 9.58. The van der Waals surface area contributed by atoms with Crippen LogP contribution in [0, 0.1) is 0 Å². The largest absolute Gasteiger partial charge is 0.369 e. The molecule has 0 saturated carbocycles. The summed E-state index contributed by atoms with van der Waals surface area (Å²) in [4.78, 5) is 4.31. The molecule has 21 heavy (non-hydrogen) atoms. The quantitative estimate of drug-likeness (QED) is 0.785. The lowest BCUT2D eigenvalue weighted by Gasteiger charge is -2.23. The number of rotatable bonds is 7. The third-order valence-corrected chi connectivity index (χ3v) is 5.89. The van der Waals surface area contributed by atoms with Crippen LogP contribution in [0.1, 0.15) is 27.2 Å². The smallest absolute Gasteiger partial charge is 0.154 e. The summed E-state index contributed by atoms with van der Waals surface area (Å²) in [5.41, 5.74) is 0. The number of hydrogen-bond acceptors (Lipinski definition) is 5. The van der Waals surface area contributed by atoms with Crippen molar-refractivity contribution < 1.29 is 8.42 Å². The molecule has 0 atom stereocenters. The SMILES string of the molecule is CCCNc1nc(NCC(C)(C)S(C)(=O)=O)c(Cl)cc1Cl. The Labute approximate surface area is 136 Å². The Kier molecular flexibility index (Phi) is 6.13. The Morgan fingerprint density at radius 3 is 2.19 bits per heavy atom. The summed E-state index contributed by atoms with van der Waals surface area (Å²) in [6, 6.07) is 1.59. The molecule has 0 aliphatic heterocycles. The van der Waals surface area contributed by atoms with Crippen molar-refractivity contribution >= 4 is 44.7 Å². The van der Waals surface area contributed by atoms with E-state index in [4.69, 9.17) is 23.2 Å². The molecule has 0 fully saturated rings. The highest BCUT2D eigenvalue weighted by Crippen LogP contribution is 2.30. The van der Waals surface area contributed by atoms with Crippen LogP contribution in [0.25, 0.3) is 0 Å². The van der Waals surface area contributed by atoms with Crippen LogP contribution < -0.4 is 10.6 Å². The minimum Gasteiger partial charge on any atom is -0.369 e. The first-order valence-electron chi connectivity index (χ1n) is 6.62. The number of aromatic nitrogens is 1. The molecule has 0 spiro atoms. The maximum atomic E-state index is 11.7. The van der Waals surface area contributed by atoms with Gasteiger partial charge in [-0.15, -0.1) is 0 Å². The molecule has 0 unspecified atom stereocenters. The second-order valence-electron chi connectivity index (χ2n) is 5.46. The van der Waals surface area contributed by atoms with Gasteiger partial charge >= 0.3 is 0 Å². The Balaban J connectivity index is 2.93. The van der Waals surface area contributed by atoms with E-state index in [0.29, 0.717) is 21.7 Å². The van der Waals surface area contributed by atoms with E-state index in [1.54, 1.807) is 19.9 Å². The van der Waals surface area contributed by atoms with Crippen LogP contribution in [0.4, 0.5) is 11.6 Å². The summed E-state index contributed by atoms with van der Waals surface area (Å²) in [5, 5.41) is 6.87. The molecular formula is C13H21Cl2N3O2S. The lowest BCUT2D eigenvalue weighted by atomic mass is 10.2. The van der Waals surface area contributed by atoms with Gasteiger partial charge in [-0.25, -0.2) is 13.4 Å². The van der Waals surface area contributed by atoms with Crippen LogP contribution in [0.15, 0.2) is 6.07 Å². The second kappa shape index (κ2) is 7.03. The minimum atomic E-state index is -3.19. The van der Waals surface area contributed by atoms with E-state index in [9.17, 15) is 8.42 Å². The van der Waals surface area contributed by atoms with Gasteiger partial charge in [-0.1, -0.05) is 30.1 Å². The second-order valence-corrected chi connectivity index (χ2v) is 8.93. The van der Waals surface area contributed by atoms with Crippen molar-refractivity contribution in [3.63, 3.8) is 0 Å². The highest BCUT2D eigenvalue weighted by Gasteiger charge is 2.30. The standard InChI is InChI=1S/C13H21Cl2N3O2S/c1-5-6-16-11-9(14)7-10(15)12(18-11)17-8-13(2,3)21(4,19)20/h7H,5-6,8H2,1-4H3,(H2,16,17,18). The lowest BCUT2D eigenvalue weighted by Crippen LogP contribution is -2.38. The van der Waals surface area contributed by atoms with Gasteiger partial charge in [-0.2, -0.15) is 0 Å². The molecule has 1 aromatic rings. The van der Waals surface area contributed by atoms with Crippen molar-refractivity contribution in [2.45, 2.75) is 31.9 Å². The predicted octanol–water partition coefficient (Wildman–Crippen LogP) is 3.45. The van der Waals surface area contributed by atoms with Gasteiger partial charge in [0.1, 0.15) is 11.6 Å². The molecule has 1 rings (SSSR count). The predicted molar refractivity (Wildman–Crippen MR) is 90.5 cm³/mol. The van der Waals surface area contributed by atoms with E-state index in [2.05, 4.69) is 15.6 Å². The van der Waals surface area contributed by atoms with Gasteiger partial charge in [0.15, 0.2) is 9.84 Å². The highest BCUT2D eigenvalue weighted by atomic mass is 35.5. The molecule has 0 bridgehead atoms. The molecule has 0 aliphatic rings. The fourth-order valence-electron chi connectivity index (χ4n) is 1.39. The molecule has 0 radical (unpaired) electrons. The first kappa shape index (κ1) is 18.3. The molecule has 120 valence electrons. The van der Waals surface area contributed by atoms with E-state index >= 15 is 0 Å². The normalized spacial score (nSPS) is 12.3. The minimum absolute atomic E-state index is 0.202.